The highest BCUT2D eigenvalue weighted by Crippen LogP contribution is 2.37. The zero-order valence-electron chi connectivity index (χ0n) is 13.5. The van der Waals surface area contributed by atoms with E-state index in [-0.39, 0.29) is 18.3 Å². The van der Waals surface area contributed by atoms with Crippen LogP contribution in [0.15, 0.2) is 6.33 Å². The number of aromatic nitrogens is 4. The molecule has 1 aliphatic carbocycles. The van der Waals surface area contributed by atoms with Crippen LogP contribution >= 0.6 is 0 Å². The predicted octanol–water partition coefficient (Wildman–Crippen LogP) is -1.13. The van der Waals surface area contributed by atoms with Gasteiger partial charge in [0.1, 0.15) is 6.10 Å². The van der Waals surface area contributed by atoms with Gasteiger partial charge in [0.05, 0.1) is 24.4 Å². The van der Waals surface area contributed by atoms with Gasteiger partial charge in [-0.15, -0.1) is 0 Å². The van der Waals surface area contributed by atoms with Crippen LogP contribution < -0.4 is 16.4 Å². The third-order valence-electron chi connectivity index (χ3n) is 4.38. The molecule has 0 aromatic carbocycles. The molecule has 4 atom stereocenters. The molecule has 2 aromatic rings. The van der Waals surface area contributed by atoms with Crippen LogP contribution in [0.2, 0.25) is 0 Å². The van der Waals surface area contributed by atoms with Crippen LogP contribution in [-0.4, -0.2) is 61.4 Å². The van der Waals surface area contributed by atoms with Gasteiger partial charge >= 0.3 is 0 Å². The summed E-state index contributed by atoms with van der Waals surface area (Å²) < 4.78 is 1.64. The molecule has 6 N–H and O–H groups in total. The maximum atomic E-state index is 11.9. The molecule has 130 valence electrons. The molecule has 1 fully saturated rings. The smallest absolute Gasteiger partial charge is 0.225 e. The Labute approximate surface area is 138 Å². The van der Waals surface area contributed by atoms with Crippen LogP contribution in [0, 0.1) is 5.92 Å². The Morgan fingerprint density at radius 1 is 1.42 bits per heavy atom. The SMILES string of the molecule is CCNc1nc(N)nc2c1ncn2C1CC(C(=O)NC)C(O)C1O. The summed E-state index contributed by atoms with van der Waals surface area (Å²) in [6.45, 7) is 2.56. The average Bonchev–Trinajstić information content (AvgIpc) is 3.09. The van der Waals surface area contributed by atoms with Crippen LogP contribution in [0.5, 0.6) is 0 Å². The number of aliphatic hydroxyl groups is 2. The molecule has 4 unspecified atom stereocenters. The number of nitrogens with zero attached hydrogens (tertiary/aromatic N) is 4. The molecule has 1 amide bonds. The molecular formula is C14H21N7O3. The van der Waals surface area contributed by atoms with E-state index in [0.717, 1.165) is 0 Å². The van der Waals surface area contributed by atoms with Crippen molar-refractivity contribution in [1.82, 2.24) is 24.8 Å². The van der Waals surface area contributed by atoms with Gasteiger partial charge in [0.25, 0.3) is 0 Å². The molecule has 2 heterocycles. The Bertz CT molecular complexity index is 762. The second-order valence-corrected chi connectivity index (χ2v) is 5.79. The fourth-order valence-corrected chi connectivity index (χ4v) is 3.20. The van der Waals surface area contributed by atoms with E-state index in [1.54, 1.807) is 4.57 Å². The lowest BCUT2D eigenvalue weighted by molar-refractivity contribution is -0.128. The van der Waals surface area contributed by atoms with E-state index in [4.69, 9.17) is 5.73 Å². The number of anilines is 2. The minimum atomic E-state index is -1.15. The van der Waals surface area contributed by atoms with Crippen molar-refractivity contribution in [3.8, 4) is 0 Å². The molecule has 0 saturated heterocycles. The summed E-state index contributed by atoms with van der Waals surface area (Å²) in [6.07, 6.45) is -0.469. The first-order chi connectivity index (χ1) is 11.5. The zero-order valence-corrected chi connectivity index (χ0v) is 13.5. The fourth-order valence-electron chi connectivity index (χ4n) is 3.20. The summed E-state index contributed by atoms with van der Waals surface area (Å²) in [5, 5.41) is 26.1. The normalized spacial score (nSPS) is 26.7. The number of nitrogens with one attached hydrogen (secondary N) is 2. The third kappa shape index (κ3) is 2.53. The van der Waals surface area contributed by atoms with Crippen molar-refractivity contribution in [2.45, 2.75) is 31.6 Å². The Morgan fingerprint density at radius 3 is 2.83 bits per heavy atom. The van der Waals surface area contributed by atoms with Gasteiger partial charge in [-0.3, -0.25) is 4.79 Å². The van der Waals surface area contributed by atoms with Crippen molar-refractivity contribution in [3.05, 3.63) is 6.33 Å². The van der Waals surface area contributed by atoms with Crippen molar-refractivity contribution in [2.75, 3.05) is 24.6 Å². The van der Waals surface area contributed by atoms with E-state index in [2.05, 4.69) is 25.6 Å². The summed E-state index contributed by atoms with van der Waals surface area (Å²) in [5.74, 6) is -0.415. The molecule has 3 rings (SSSR count). The molecule has 10 heteroatoms. The number of carbonyl (C=O) groups is 1. The number of nitrogens with two attached hydrogens (primary N) is 1. The number of carbonyl (C=O) groups excluding carboxylic acids is 1. The largest absolute Gasteiger partial charge is 0.390 e. The first-order valence-corrected chi connectivity index (χ1v) is 7.79. The lowest BCUT2D eigenvalue weighted by Crippen LogP contribution is -2.36. The van der Waals surface area contributed by atoms with Crippen LogP contribution in [0.4, 0.5) is 11.8 Å². The van der Waals surface area contributed by atoms with Crippen LogP contribution in [0.1, 0.15) is 19.4 Å². The van der Waals surface area contributed by atoms with Crippen molar-refractivity contribution in [3.63, 3.8) is 0 Å². The number of rotatable bonds is 4. The van der Waals surface area contributed by atoms with Crippen molar-refractivity contribution >= 4 is 28.8 Å². The maximum absolute atomic E-state index is 11.9. The Hall–Kier alpha value is -2.46. The Kier molecular flexibility index (Phi) is 4.24. The first kappa shape index (κ1) is 16.4. The standard InChI is InChI=1S/C14H21N7O3/c1-3-17-11-8-12(20-14(15)19-11)21(5-18-8)7-4-6(13(24)16-2)9(22)10(7)23/h5-7,9-10,22-23H,3-4H2,1-2H3,(H,16,24)(H3,15,17,19,20). The summed E-state index contributed by atoms with van der Waals surface area (Å²) >= 11 is 0. The monoisotopic (exact) mass is 335 g/mol. The molecule has 0 aliphatic heterocycles. The molecule has 10 nitrogen and oxygen atoms in total. The van der Waals surface area contributed by atoms with Crippen molar-refractivity contribution < 1.29 is 15.0 Å². The number of nitrogen functional groups attached to an aromatic ring is 1. The van der Waals surface area contributed by atoms with E-state index >= 15 is 0 Å². The molecule has 2 aromatic heterocycles. The predicted molar refractivity (Wildman–Crippen MR) is 87.1 cm³/mol. The van der Waals surface area contributed by atoms with E-state index in [9.17, 15) is 15.0 Å². The van der Waals surface area contributed by atoms with Gasteiger partial charge in [-0.1, -0.05) is 0 Å². The number of fused-ring (bicyclic) bond motifs is 1. The highest BCUT2D eigenvalue weighted by Gasteiger charge is 2.46. The van der Waals surface area contributed by atoms with Gasteiger partial charge < -0.3 is 31.1 Å². The Morgan fingerprint density at radius 2 is 2.17 bits per heavy atom. The first-order valence-electron chi connectivity index (χ1n) is 7.79. The quantitative estimate of drug-likeness (QED) is 0.471. The van der Waals surface area contributed by atoms with Gasteiger partial charge in [-0.25, -0.2) is 4.98 Å². The molecule has 0 radical (unpaired) electrons. The second-order valence-electron chi connectivity index (χ2n) is 5.79. The van der Waals surface area contributed by atoms with Crippen molar-refractivity contribution in [1.29, 1.82) is 0 Å². The van der Waals surface area contributed by atoms with E-state index in [1.807, 2.05) is 6.92 Å². The number of hydrogen-bond acceptors (Lipinski definition) is 8. The van der Waals surface area contributed by atoms with Gasteiger partial charge in [0.15, 0.2) is 17.0 Å². The highest BCUT2D eigenvalue weighted by atomic mass is 16.3. The molecule has 0 spiro atoms. The summed E-state index contributed by atoms with van der Waals surface area (Å²) in [6, 6.07) is -0.531. The van der Waals surface area contributed by atoms with E-state index in [0.29, 0.717) is 23.5 Å². The number of aliphatic hydroxyl groups excluding tert-OH is 2. The van der Waals surface area contributed by atoms with Crippen LogP contribution in [-0.2, 0) is 4.79 Å². The van der Waals surface area contributed by atoms with Crippen LogP contribution in [0.3, 0.4) is 0 Å². The number of amides is 1. The second kappa shape index (κ2) is 6.21. The average molecular weight is 335 g/mol. The maximum Gasteiger partial charge on any atom is 0.225 e. The van der Waals surface area contributed by atoms with Gasteiger partial charge in [-0.05, 0) is 13.3 Å². The van der Waals surface area contributed by atoms with Gasteiger partial charge in [-0.2, -0.15) is 9.97 Å². The minimum Gasteiger partial charge on any atom is -0.390 e. The minimum absolute atomic E-state index is 0.0797. The zero-order chi connectivity index (χ0) is 17.4. The van der Waals surface area contributed by atoms with E-state index in [1.165, 1.54) is 13.4 Å². The third-order valence-corrected chi connectivity index (χ3v) is 4.38. The topological polar surface area (TPSA) is 151 Å². The summed E-state index contributed by atoms with van der Waals surface area (Å²) in [7, 11) is 1.50. The van der Waals surface area contributed by atoms with E-state index < -0.39 is 24.2 Å². The number of imidazole rings is 1. The van der Waals surface area contributed by atoms with Gasteiger partial charge in [0, 0.05) is 13.6 Å². The molecule has 1 saturated carbocycles. The van der Waals surface area contributed by atoms with Crippen molar-refractivity contribution in [2.24, 2.45) is 5.92 Å². The summed E-state index contributed by atoms with van der Waals surface area (Å²) in [5.41, 5.74) is 6.74. The summed E-state index contributed by atoms with van der Waals surface area (Å²) in [4.78, 5) is 24.5. The molecule has 24 heavy (non-hydrogen) atoms. The van der Waals surface area contributed by atoms with Crippen LogP contribution in [0.25, 0.3) is 11.2 Å². The highest BCUT2D eigenvalue weighted by molar-refractivity contribution is 5.84. The number of hydrogen-bond donors (Lipinski definition) is 5. The lowest BCUT2D eigenvalue weighted by Gasteiger charge is -2.18. The molecule has 1 aliphatic rings. The Balaban J connectivity index is 2.02. The fraction of sp³-hybridized carbons (Fsp3) is 0.571. The molecule has 0 bridgehead atoms. The van der Waals surface area contributed by atoms with Gasteiger partial charge in [0.2, 0.25) is 11.9 Å². The lowest BCUT2D eigenvalue weighted by atomic mass is 10.1. The molecular weight excluding hydrogens is 314 g/mol.